The zero-order valence-corrected chi connectivity index (χ0v) is 15.4. The third kappa shape index (κ3) is 4.77. The van der Waals surface area contributed by atoms with E-state index in [1.807, 2.05) is 0 Å². The summed E-state index contributed by atoms with van der Waals surface area (Å²) in [5.41, 5.74) is 2.01. The average Bonchev–Trinajstić information content (AvgIpc) is 2.92. The van der Waals surface area contributed by atoms with Crippen LogP contribution in [0.25, 0.3) is 0 Å². The molecule has 1 atom stereocenters. The lowest BCUT2D eigenvalue weighted by Crippen LogP contribution is -2.36. The van der Waals surface area contributed by atoms with Gasteiger partial charge in [0.1, 0.15) is 5.70 Å². The number of hydrogen-bond donors (Lipinski definition) is 1. The number of nitrogens with one attached hydrogen (secondary N) is 1. The summed E-state index contributed by atoms with van der Waals surface area (Å²) in [6.07, 6.45) is 7.61. The van der Waals surface area contributed by atoms with Crippen molar-refractivity contribution in [3.8, 4) is 0 Å². The summed E-state index contributed by atoms with van der Waals surface area (Å²) in [6, 6.07) is 11.0. The van der Waals surface area contributed by atoms with E-state index in [9.17, 15) is 4.79 Å². The van der Waals surface area contributed by atoms with Gasteiger partial charge in [0.15, 0.2) is 5.03 Å². The lowest BCUT2D eigenvalue weighted by Gasteiger charge is -2.30. The van der Waals surface area contributed by atoms with Crippen molar-refractivity contribution < 1.29 is 14.3 Å². The van der Waals surface area contributed by atoms with Crippen LogP contribution in [0.3, 0.4) is 0 Å². The summed E-state index contributed by atoms with van der Waals surface area (Å²) < 4.78 is 10.2. The predicted molar refractivity (Wildman–Crippen MR) is 98.0 cm³/mol. The molecule has 4 nitrogen and oxygen atoms in total. The van der Waals surface area contributed by atoms with Gasteiger partial charge in [0.05, 0.1) is 0 Å². The standard InChI is InChI=1S/C20H26ClNO3/c1-24-20-18(17(21)19(23)25-20)22-16-12-10-15(11-13-16)9-5-8-14-6-3-2-4-7-14/h2-4,6-7,15-16,20,22H,5,8-13H2,1H3. The predicted octanol–water partition coefficient (Wildman–Crippen LogP) is 4.14. The number of benzene rings is 1. The Morgan fingerprint density at radius 3 is 2.60 bits per heavy atom. The molecule has 0 radical (unpaired) electrons. The molecule has 1 aliphatic carbocycles. The molecule has 0 bridgehead atoms. The number of rotatable bonds is 7. The van der Waals surface area contributed by atoms with Crippen LogP contribution >= 0.6 is 11.6 Å². The van der Waals surface area contributed by atoms with Crippen LogP contribution < -0.4 is 5.32 Å². The number of carbonyl (C=O) groups excluding carboxylic acids is 1. The number of halogens is 1. The monoisotopic (exact) mass is 363 g/mol. The second-order valence-electron chi connectivity index (χ2n) is 6.94. The second-order valence-corrected chi connectivity index (χ2v) is 7.32. The van der Waals surface area contributed by atoms with E-state index < -0.39 is 12.3 Å². The molecule has 136 valence electrons. The fourth-order valence-corrected chi connectivity index (χ4v) is 3.96. The average molecular weight is 364 g/mol. The van der Waals surface area contributed by atoms with Gasteiger partial charge in [-0.2, -0.15) is 0 Å². The molecule has 0 saturated heterocycles. The van der Waals surface area contributed by atoms with Crippen LogP contribution in [0, 0.1) is 5.92 Å². The van der Waals surface area contributed by atoms with Crippen LogP contribution in [-0.2, 0) is 20.7 Å². The third-order valence-electron chi connectivity index (χ3n) is 5.21. The fourth-order valence-electron chi connectivity index (χ4n) is 3.77. The van der Waals surface area contributed by atoms with Gasteiger partial charge in [0.25, 0.3) is 0 Å². The van der Waals surface area contributed by atoms with Gasteiger partial charge in [0.2, 0.25) is 6.29 Å². The van der Waals surface area contributed by atoms with E-state index in [4.69, 9.17) is 21.1 Å². The first-order valence-electron chi connectivity index (χ1n) is 9.11. The highest BCUT2D eigenvalue weighted by Gasteiger charge is 2.35. The Bertz CT molecular complexity index is 609. The van der Waals surface area contributed by atoms with E-state index in [1.54, 1.807) is 0 Å². The third-order valence-corrected chi connectivity index (χ3v) is 5.56. The number of ether oxygens (including phenoxy) is 2. The van der Waals surface area contributed by atoms with E-state index in [0.29, 0.717) is 11.7 Å². The van der Waals surface area contributed by atoms with Gasteiger partial charge in [-0.15, -0.1) is 0 Å². The van der Waals surface area contributed by atoms with Gasteiger partial charge in [-0.25, -0.2) is 4.79 Å². The van der Waals surface area contributed by atoms with Crippen LogP contribution in [0.5, 0.6) is 0 Å². The first kappa shape index (κ1) is 18.3. The highest BCUT2D eigenvalue weighted by molar-refractivity contribution is 6.42. The van der Waals surface area contributed by atoms with Gasteiger partial charge in [0, 0.05) is 13.2 Å². The Kier molecular flexibility index (Phi) is 6.38. The quantitative estimate of drug-likeness (QED) is 0.740. The lowest BCUT2D eigenvalue weighted by atomic mass is 9.82. The first-order valence-corrected chi connectivity index (χ1v) is 9.49. The highest BCUT2D eigenvalue weighted by atomic mass is 35.5. The molecule has 1 aromatic rings. The molecular formula is C20H26ClNO3. The van der Waals surface area contributed by atoms with Gasteiger partial charge in [-0.05, 0) is 50.0 Å². The number of cyclic esters (lactones) is 1. The normalized spacial score (nSPS) is 26.6. The molecule has 1 saturated carbocycles. The Morgan fingerprint density at radius 1 is 1.20 bits per heavy atom. The van der Waals surface area contributed by atoms with Crippen LogP contribution in [0.1, 0.15) is 44.1 Å². The molecule has 5 heteroatoms. The maximum absolute atomic E-state index is 11.6. The number of esters is 1. The summed E-state index contributed by atoms with van der Waals surface area (Å²) in [4.78, 5) is 11.6. The Balaban J connectivity index is 1.41. The molecule has 1 N–H and O–H groups in total. The molecule has 1 unspecified atom stereocenters. The number of aryl methyl sites for hydroxylation is 1. The Labute approximate surface area is 154 Å². The molecule has 1 fully saturated rings. The lowest BCUT2D eigenvalue weighted by molar-refractivity contribution is -0.156. The van der Waals surface area contributed by atoms with Gasteiger partial charge in [-0.3, -0.25) is 0 Å². The maximum atomic E-state index is 11.6. The van der Waals surface area contributed by atoms with Crippen LogP contribution in [-0.4, -0.2) is 25.4 Å². The smallest absolute Gasteiger partial charge is 0.354 e. The van der Waals surface area contributed by atoms with Crippen molar-refractivity contribution in [3.05, 3.63) is 46.6 Å². The summed E-state index contributed by atoms with van der Waals surface area (Å²) in [5.74, 6) is 0.288. The SMILES string of the molecule is COC1OC(=O)C(Cl)=C1NC1CCC(CCCc2ccccc2)CC1. The highest BCUT2D eigenvalue weighted by Crippen LogP contribution is 2.31. The van der Waals surface area contributed by atoms with E-state index in [1.165, 1.54) is 38.4 Å². The van der Waals surface area contributed by atoms with Crippen molar-refractivity contribution in [2.45, 2.75) is 57.3 Å². The van der Waals surface area contributed by atoms with Crippen LogP contribution in [0.2, 0.25) is 0 Å². The Hall–Kier alpha value is -1.52. The molecular weight excluding hydrogens is 338 g/mol. The van der Waals surface area contributed by atoms with E-state index in [-0.39, 0.29) is 5.03 Å². The summed E-state index contributed by atoms with van der Waals surface area (Å²) >= 11 is 6.04. The van der Waals surface area contributed by atoms with Gasteiger partial charge < -0.3 is 14.8 Å². The second kappa shape index (κ2) is 8.72. The molecule has 1 heterocycles. The van der Waals surface area contributed by atoms with Gasteiger partial charge in [-0.1, -0.05) is 48.4 Å². The zero-order chi connectivity index (χ0) is 17.6. The molecule has 0 aromatic heterocycles. The molecule has 1 aromatic carbocycles. The van der Waals surface area contributed by atoms with E-state index in [2.05, 4.69) is 35.6 Å². The van der Waals surface area contributed by atoms with E-state index >= 15 is 0 Å². The van der Waals surface area contributed by atoms with Crippen molar-refractivity contribution >= 4 is 17.6 Å². The maximum Gasteiger partial charge on any atom is 0.354 e. The molecule has 0 amide bonds. The first-order chi connectivity index (χ1) is 12.2. The number of methoxy groups -OCH3 is 1. The van der Waals surface area contributed by atoms with Gasteiger partial charge >= 0.3 is 5.97 Å². The molecule has 1 aliphatic heterocycles. The molecule has 0 spiro atoms. The number of carbonyl (C=O) groups is 1. The molecule has 25 heavy (non-hydrogen) atoms. The fraction of sp³-hybridized carbons (Fsp3) is 0.550. The minimum absolute atomic E-state index is 0.122. The largest absolute Gasteiger partial charge is 0.425 e. The number of hydrogen-bond acceptors (Lipinski definition) is 4. The van der Waals surface area contributed by atoms with Crippen molar-refractivity contribution in [1.29, 1.82) is 0 Å². The Morgan fingerprint density at radius 2 is 1.92 bits per heavy atom. The summed E-state index contributed by atoms with van der Waals surface area (Å²) in [7, 11) is 1.51. The van der Waals surface area contributed by atoms with Crippen molar-refractivity contribution in [1.82, 2.24) is 5.32 Å². The van der Waals surface area contributed by atoms with Crippen LogP contribution in [0.4, 0.5) is 0 Å². The zero-order valence-electron chi connectivity index (χ0n) is 14.7. The van der Waals surface area contributed by atoms with Crippen molar-refractivity contribution in [3.63, 3.8) is 0 Å². The molecule has 2 aliphatic rings. The summed E-state index contributed by atoms with van der Waals surface area (Å²) in [6.45, 7) is 0. The molecule has 3 rings (SSSR count). The minimum Gasteiger partial charge on any atom is -0.425 e. The minimum atomic E-state index is -0.691. The summed E-state index contributed by atoms with van der Waals surface area (Å²) in [5, 5.41) is 3.50. The topological polar surface area (TPSA) is 47.6 Å². The van der Waals surface area contributed by atoms with Crippen LogP contribution in [0.15, 0.2) is 41.1 Å². The van der Waals surface area contributed by atoms with E-state index in [0.717, 1.165) is 25.2 Å². The van der Waals surface area contributed by atoms with Crippen molar-refractivity contribution in [2.75, 3.05) is 7.11 Å². The van der Waals surface area contributed by atoms with Crippen molar-refractivity contribution in [2.24, 2.45) is 5.92 Å².